The van der Waals surface area contributed by atoms with E-state index in [2.05, 4.69) is 33.2 Å². The van der Waals surface area contributed by atoms with E-state index in [0.29, 0.717) is 11.5 Å². The molecular formula is C14H20ClIN2O2. The zero-order chi connectivity index (χ0) is 13.7. The van der Waals surface area contributed by atoms with Gasteiger partial charge in [0, 0.05) is 10.1 Å². The molecule has 0 saturated carbocycles. The van der Waals surface area contributed by atoms with E-state index in [9.17, 15) is 4.79 Å². The minimum atomic E-state index is -0.00184. The quantitative estimate of drug-likeness (QED) is 0.733. The molecule has 1 aromatic rings. The number of hydrogen-bond acceptors (Lipinski definition) is 3. The van der Waals surface area contributed by atoms with E-state index in [0.717, 1.165) is 35.4 Å². The summed E-state index contributed by atoms with van der Waals surface area (Å²) in [5.74, 6) is 1.48. The number of carbonyl (C=O) groups is 1. The summed E-state index contributed by atoms with van der Waals surface area (Å²) in [5, 5.41) is 6.33. The fraction of sp³-hybridized carbons (Fsp3) is 0.500. The number of methoxy groups -OCH3 is 1. The summed E-state index contributed by atoms with van der Waals surface area (Å²) >= 11 is 2.16. The zero-order valence-electron chi connectivity index (χ0n) is 11.4. The summed E-state index contributed by atoms with van der Waals surface area (Å²) in [5.41, 5.74) is 0.714. The molecule has 1 saturated heterocycles. The lowest BCUT2D eigenvalue weighted by molar-refractivity contribution is 0.0950. The van der Waals surface area contributed by atoms with Gasteiger partial charge < -0.3 is 15.4 Å². The van der Waals surface area contributed by atoms with Crippen molar-refractivity contribution in [3.05, 3.63) is 27.3 Å². The van der Waals surface area contributed by atoms with Crippen molar-refractivity contribution in [1.29, 1.82) is 0 Å². The van der Waals surface area contributed by atoms with Gasteiger partial charge in [0.25, 0.3) is 5.91 Å². The van der Waals surface area contributed by atoms with Crippen LogP contribution in [0.2, 0.25) is 0 Å². The maximum absolute atomic E-state index is 12.1. The first-order valence-electron chi connectivity index (χ1n) is 6.53. The maximum Gasteiger partial charge on any atom is 0.252 e. The molecule has 6 heteroatoms. The van der Waals surface area contributed by atoms with Crippen LogP contribution in [0.1, 0.15) is 23.2 Å². The molecule has 20 heavy (non-hydrogen) atoms. The Hall–Kier alpha value is -0.530. The third kappa shape index (κ3) is 4.79. The van der Waals surface area contributed by atoms with Gasteiger partial charge >= 0.3 is 0 Å². The molecule has 1 aliphatic heterocycles. The Kier molecular flexibility index (Phi) is 7.61. The van der Waals surface area contributed by atoms with Crippen LogP contribution in [0, 0.1) is 9.49 Å². The van der Waals surface area contributed by atoms with Gasteiger partial charge in [-0.2, -0.15) is 0 Å². The molecule has 1 aliphatic rings. The Morgan fingerprint density at radius 2 is 2.35 bits per heavy atom. The minimum absolute atomic E-state index is 0. The molecule has 2 rings (SSSR count). The first kappa shape index (κ1) is 17.5. The predicted octanol–water partition coefficient (Wildman–Crippen LogP) is 2.45. The van der Waals surface area contributed by atoms with Crippen molar-refractivity contribution in [1.82, 2.24) is 10.6 Å². The van der Waals surface area contributed by atoms with Gasteiger partial charge in [0.15, 0.2) is 0 Å². The van der Waals surface area contributed by atoms with Crippen molar-refractivity contribution in [2.24, 2.45) is 5.92 Å². The Balaban J connectivity index is 0.00000200. The van der Waals surface area contributed by atoms with Gasteiger partial charge in [-0.15, -0.1) is 12.4 Å². The molecular weight excluding hydrogens is 391 g/mol. The van der Waals surface area contributed by atoms with Crippen LogP contribution in [0.25, 0.3) is 0 Å². The lowest BCUT2D eigenvalue weighted by atomic mass is 10.1. The summed E-state index contributed by atoms with van der Waals surface area (Å²) in [7, 11) is 1.63. The van der Waals surface area contributed by atoms with Gasteiger partial charge in [0.05, 0.1) is 12.7 Å². The Morgan fingerprint density at radius 3 is 2.95 bits per heavy atom. The third-order valence-electron chi connectivity index (χ3n) is 3.42. The number of benzene rings is 1. The average Bonchev–Trinajstić information content (AvgIpc) is 2.91. The molecule has 112 valence electrons. The van der Waals surface area contributed by atoms with E-state index in [1.54, 1.807) is 7.11 Å². The van der Waals surface area contributed by atoms with Crippen molar-refractivity contribution in [3.63, 3.8) is 0 Å². The molecule has 1 amide bonds. The highest BCUT2D eigenvalue weighted by Crippen LogP contribution is 2.19. The van der Waals surface area contributed by atoms with Crippen LogP contribution in [0.15, 0.2) is 18.2 Å². The van der Waals surface area contributed by atoms with E-state index < -0.39 is 0 Å². The molecule has 2 N–H and O–H groups in total. The average molecular weight is 411 g/mol. The highest BCUT2D eigenvalue weighted by atomic mass is 127. The van der Waals surface area contributed by atoms with Crippen LogP contribution in [-0.2, 0) is 0 Å². The van der Waals surface area contributed by atoms with Crippen LogP contribution >= 0.6 is 35.0 Å². The van der Waals surface area contributed by atoms with Gasteiger partial charge in [-0.25, -0.2) is 0 Å². The number of amides is 1. The van der Waals surface area contributed by atoms with Crippen LogP contribution in [-0.4, -0.2) is 32.7 Å². The second kappa shape index (κ2) is 8.69. The highest BCUT2D eigenvalue weighted by Gasteiger charge is 2.15. The lowest BCUT2D eigenvalue weighted by Crippen LogP contribution is -2.27. The Labute approximate surface area is 139 Å². The fourth-order valence-corrected chi connectivity index (χ4v) is 2.98. The third-order valence-corrected chi connectivity index (χ3v) is 4.31. The number of carbonyl (C=O) groups excluding carboxylic acids is 1. The molecule has 0 radical (unpaired) electrons. The smallest absolute Gasteiger partial charge is 0.252 e. The number of hydrogen-bond donors (Lipinski definition) is 2. The molecule has 1 fully saturated rings. The van der Waals surface area contributed by atoms with Crippen molar-refractivity contribution in [2.75, 3.05) is 26.7 Å². The normalized spacial score (nSPS) is 17.4. The Morgan fingerprint density at radius 1 is 1.55 bits per heavy atom. The van der Waals surface area contributed by atoms with E-state index >= 15 is 0 Å². The van der Waals surface area contributed by atoms with Crippen LogP contribution in [0.3, 0.4) is 0 Å². The van der Waals surface area contributed by atoms with Crippen molar-refractivity contribution >= 4 is 40.9 Å². The van der Waals surface area contributed by atoms with E-state index in [4.69, 9.17) is 4.74 Å². The minimum Gasteiger partial charge on any atom is -0.497 e. The summed E-state index contributed by atoms with van der Waals surface area (Å²) in [6.45, 7) is 2.93. The standard InChI is InChI=1S/C14H19IN2O2.ClH/c1-19-11-2-3-12(13(15)8-11)14(18)17-7-5-10-4-6-16-9-10;/h2-3,8,10,16H,4-7,9H2,1H3,(H,17,18);1H. The first-order valence-corrected chi connectivity index (χ1v) is 7.61. The number of ether oxygens (including phenoxy) is 1. The molecule has 1 heterocycles. The largest absolute Gasteiger partial charge is 0.497 e. The van der Waals surface area contributed by atoms with Crippen LogP contribution < -0.4 is 15.4 Å². The number of halogens is 2. The second-order valence-electron chi connectivity index (χ2n) is 4.75. The molecule has 0 spiro atoms. The lowest BCUT2D eigenvalue weighted by Gasteiger charge is -2.10. The monoisotopic (exact) mass is 410 g/mol. The van der Waals surface area contributed by atoms with E-state index in [1.807, 2.05) is 18.2 Å². The summed E-state index contributed by atoms with van der Waals surface area (Å²) < 4.78 is 6.05. The zero-order valence-corrected chi connectivity index (χ0v) is 14.4. The topological polar surface area (TPSA) is 50.4 Å². The Bertz CT molecular complexity index is 451. The van der Waals surface area contributed by atoms with Gasteiger partial charge in [0.2, 0.25) is 0 Å². The molecule has 0 bridgehead atoms. The number of rotatable bonds is 5. The highest BCUT2D eigenvalue weighted by molar-refractivity contribution is 14.1. The molecule has 4 nitrogen and oxygen atoms in total. The summed E-state index contributed by atoms with van der Waals surface area (Å²) in [4.78, 5) is 12.1. The fourth-order valence-electron chi connectivity index (χ4n) is 2.25. The second-order valence-corrected chi connectivity index (χ2v) is 5.91. The van der Waals surface area contributed by atoms with E-state index in [-0.39, 0.29) is 18.3 Å². The molecule has 0 aliphatic carbocycles. The van der Waals surface area contributed by atoms with Gasteiger partial charge in [-0.3, -0.25) is 4.79 Å². The SMILES string of the molecule is COc1ccc(C(=O)NCCC2CCNC2)c(I)c1.Cl. The molecule has 1 atom stereocenters. The maximum atomic E-state index is 12.1. The predicted molar refractivity (Wildman–Crippen MR) is 90.9 cm³/mol. The first-order chi connectivity index (χ1) is 9.20. The summed E-state index contributed by atoms with van der Waals surface area (Å²) in [6, 6.07) is 5.50. The van der Waals surface area contributed by atoms with Crippen molar-refractivity contribution in [2.45, 2.75) is 12.8 Å². The van der Waals surface area contributed by atoms with E-state index in [1.165, 1.54) is 6.42 Å². The molecule has 1 aromatic carbocycles. The molecule has 1 unspecified atom stereocenters. The van der Waals surface area contributed by atoms with Gasteiger partial charge in [-0.1, -0.05) is 0 Å². The van der Waals surface area contributed by atoms with Gasteiger partial charge in [-0.05, 0) is 72.6 Å². The number of nitrogens with one attached hydrogen (secondary N) is 2. The van der Waals surface area contributed by atoms with Gasteiger partial charge in [0.1, 0.15) is 5.75 Å². The molecule has 0 aromatic heterocycles. The van der Waals surface area contributed by atoms with Crippen molar-refractivity contribution in [3.8, 4) is 5.75 Å². The summed E-state index contributed by atoms with van der Waals surface area (Å²) in [6.07, 6.45) is 2.27. The van der Waals surface area contributed by atoms with Crippen LogP contribution in [0.4, 0.5) is 0 Å². The van der Waals surface area contributed by atoms with Crippen LogP contribution in [0.5, 0.6) is 5.75 Å². The van der Waals surface area contributed by atoms with Crippen molar-refractivity contribution < 1.29 is 9.53 Å².